The van der Waals surface area contributed by atoms with E-state index in [2.05, 4.69) is 5.32 Å². The Morgan fingerprint density at radius 2 is 1.76 bits per heavy atom. The lowest BCUT2D eigenvalue weighted by atomic mass is 10.2. The van der Waals surface area contributed by atoms with Crippen molar-refractivity contribution in [2.75, 3.05) is 26.2 Å². The summed E-state index contributed by atoms with van der Waals surface area (Å²) >= 11 is 0. The predicted molar refractivity (Wildman–Crippen MR) is 92.6 cm³/mol. The van der Waals surface area contributed by atoms with Crippen LogP contribution in [0.15, 0.2) is 29.2 Å². The summed E-state index contributed by atoms with van der Waals surface area (Å²) in [5.41, 5.74) is 0.206. The first-order valence-electron chi connectivity index (χ1n) is 8.34. The van der Waals surface area contributed by atoms with Crippen molar-refractivity contribution >= 4 is 21.9 Å². The third kappa shape index (κ3) is 5.27. The van der Waals surface area contributed by atoms with E-state index in [9.17, 15) is 18.0 Å². The number of rotatable bonds is 7. The molecule has 1 aromatic carbocycles. The molecule has 138 valence electrons. The van der Waals surface area contributed by atoms with Crippen molar-refractivity contribution in [2.45, 2.75) is 31.6 Å². The molecule has 0 radical (unpaired) electrons. The monoisotopic (exact) mass is 368 g/mol. The van der Waals surface area contributed by atoms with Crippen molar-refractivity contribution in [2.24, 2.45) is 5.92 Å². The van der Waals surface area contributed by atoms with E-state index in [4.69, 9.17) is 4.74 Å². The Kier molecular flexibility index (Phi) is 6.55. The van der Waals surface area contributed by atoms with Crippen LogP contribution in [0, 0.1) is 5.92 Å². The summed E-state index contributed by atoms with van der Waals surface area (Å²) in [6.07, 6.45) is 1.73. The second kappa shape index (κ2) is 8.44. The molecule has 1 fully saturated rings. The van der Waals surface area contributed by atoms with E-state index >= 15 is 0 Å². The maximum Gasteiger partial charge on any atom is 0.338 e. The molecule has 0 saturated carbocycles. The lowest BCUT2D eigenvalue weighted by Crippen LogP contribution is -2.31. The summed E-state index contributed by atoms with van der Waals surface area (Å²) in [5.74, 6) is -0.718. The molecule has 2 rings (SSSR count). The van der Waals surface area contributed by atoms with Gasteiger partial charge in [-0.25, -0.2) is 13.2 Å². The summed E-state index contributed by atoms with van der Waals surface area (Å²) in [7, 11) is -3.51. The fourth-order valence-corrected chi connectivity index (χ4v) is 3.94. The van der Waals surface area contributed by atoms with Crippen LogP contribution in [-0.4, -0.2) is 50.8 Å². The van der Waals surface area contributed by atoms with E-state index in [0.717, 1.165) is 12.8 Å². The van der Waals surface area contributed by atoms with Gasteiger partial charge >= 0.3 is 5.97 Å². The first-order chi connectivity index (χ1) is 11.8. The van der Waals surface area contributed by atoms with Crippen molar-refractivity contribution in [1.82, 2.24) is 9.62 Å². The smallest absolute Gasteiger partial charge is 0.338 e. The number of carbonyl (C=O) groups excluding carboxylic acids is 2. The van der Waals surface area contributed by atoms with Crippen molar-refractivity contribution in [3.8, 4) is 0 Å². The molecule has 1 amide bonds. The van der Waals surface area contributed by atoms with Gasteiger partial charge in [-0.1, -0.05) is 13.8 Å². The summed E-state index contributed by atoms with van der Waals surface area (Å²) < 4.78 is 31.2. The molecule has 0 aromatic heterocycles. The SMILES string of the molecule is CC(C)CNC(=O)COC(=O)c1ccc(S(=O)(=O)N2CCCC2)cc1. The second-order valence-corrected chi connectivity index (χ2v) is 8.35. The van der Waals surface area contributed by atoms with Crippen LogP contribution in [0.5, 0.6) is 0 Å². The van der Waals surface area contributed by atoms with E-state index in [1.165, 1.54) is 28.6 Å². The highest BCUT2D eigenvalue weighted by Gasteiger charge is 2.27. The summed E-state index contributed by atoms with van der Waals surface area (Å²) in [6, 6.07) is 5.58. The molecule has 0 spiro atoms. The minimum absolute atomic E-state index is 0.153. The predicted octanol–water partition coefficient (Wildman–Crippen LogP) is 1.40. The maximum atomic E-state index is 12.4. The van der Waals surface area contributed by atoms with Crippen LogP contribution in [-0.2, 0) is 19.6 Å². The number of benzene rings is 1. The minimum atomic E-state index is -3.51. The average molecular weight is 368 g/mol. The van der Waals surface area contributed by atoms with Crippen molar-refractivity contribution < 1.29 is 22.7 Å². The number of sulfonamides is 1. The fourth-order valence-electron chi connectivity index (χ4n) is 2.42. The summed E-state index contributed by atoms with van der Waals surface area (Å²) in [6.45, 7) is 5.13. The summed E-state index contributed by atoms with van der Waals surface area (Å²) in [5, 5.41) is 2.65. The van der Waals surface area contributed by atoms with Crippen LogP contribution >= 0.6 is 0 Å². The van der Waals surface area contributed by atoms with E-state index in [0.29, 0.717) is 25.6 Å². The van der Waals surface area contributed by atoms with Crippen LogP contribution in [0.3, 0.4) is 0 Å². The summed E-state index contributed by atoms with van der Waals surface area (Å²) in [4.78, 5) is 23.6. The topological polar surface area (TPSA) is 92.8 Å². The normalized spacial score (nSPS) is 15.3. The lowest BCUT2D eigenvalue weighted by Gasteiger charge is -2.15. The second-order valence-electron chi connectivity index (χ2n) is 6.41. The molecule has 0 atom stereocenters. The molecule has 0 unspecified atom stereocenters. The van der Waals surface area contributed by atoms with Gasteiger partial charge in [0, 0.05) is 19.6 Å². The van der Waals surface area contributed by atoms with E-state index < -0.39 is 16.0 Å². The van der Waals surface area contributed by atoms with E-state index in [1.54, 1.807) is 0 Å². The van der Waals surface area contributed by atoms with Crippen molar-refractivity contribution in [3.63, 3.8) is 0 Å². The molecular formula is C17H24N2O5S. The van der Waals surface area contributed by atoms with E-state index in [-0.39, 0.29) is 23.0 Å². The van der Waals surface area contributed by atoms with Gasteiger partial charge in [0.2, 0.25) is 10.0 Å². The standard InChI is InChI=1S/C17H24N2O5S/c1-13(2)11-18-16(20)12-24-17(21)14-5-7-15(8-6-14)25(22,23)19-9-3-4-10-19/h5-8,13H,3-4,9-12H2,1-2H3,(H,18,20). The zero-order valence-corrected chi connectivity index (χ0v) is 15.3. The number of ether oxygens (including phenoxy) is 1. The van der Waals surface area contributed by atoms with Gasteiger partial charge < -0.3 is 10.1 Å². The number of nitrogens with one attached hydrogen (secondary N) is 1. The third-order valence-corrected chi connectivity index (χ3v) is 5.75. The number of carbonyl (C=O) groups is 2. The molecule has 7 nitrogen and oxygen atoms in total. The van der Waals surface area contributed by atoms with Gasteiger partial charge in [-0.15, -0.1) is 0 Å². The molecule has 1 aliphatic heterocycles. The first kappa shape index (κ1) is 19.4. The largest absolute Gasteiger partial charge is 0.452 e. The van der Waals surface area contributed by atoms with Crippen LogP contribution in [0.1, 0.15) is 37.0 Å². The molecule has 1 aliphatic rings. The van der Waals surface area contributed by atoms with Gasteiger partial charge in [-0.2, -0.15) is 4.31 Å². The van der Waals surface area contributed by atoms with Crippen molar-refractivity contribution in [3.05, 3.63) is 29.8 Å². The number of hydrogen-bond acceptors (Lipinski definition) is 5. The molecule has 1 heterocycles. The van der Waals surface area contributed by atoms with Gasteiger partial charge in [0.1, 0.15) is 0 Å². The quantitative estimate of drug-likeness (QED) is 0.735. The van der Waals surface area contributed by atoms with Crippen LogP contribution in [0.4, 0.5) is 0 Å². The maximum absolute atomic E-state index is 12.4. The Hall–Kier alpha value is -1.93. The zero-order chi connectivity index (χ0) is 18.4. The van der Waals surface area contributed by atoms with Crippen molar-refractivity contribution in [1.29, 1.82) is 0 Å². The highest BCUT2D eigenvalue weighted by atomic mass is 32.2. The number of hydrogen-bond donors (Lipinski definition) is 1. The van der Waals surface area contributed by atoms with Gasteiger partial charge in [0.25, 0.3) is 5.91 Å². The molecule has 0 bridgehead atoms. The molecular weight excluding hydrogens is 344 g/mol. The third-order valence-electron chi connectivity index (χ3n) is 3.83. The van der Waals surface area contributed by atoms with Gasteiger partial charge in [-0.3, -0.25) is 4.79 Å². The van der Waals surface area contributed by atoms with Crippen LogP contribution in [0.2, 0.25) is 0 Å². The van der Waals surface area contributed by atoms with Crippen LogP contribution in [0.25, 0.3) is 0 Å². The van der Waals surface area contributed by atoms with Crippen LogP contribution < -0.4 is 5.32 Å². The highest BCUT2D eigenvalue weighted by molar-refractivity contribution is 7.89. The lowest BCUT2D eigenvalue weighted by molar-refractivity contribution is -0.124. The van der Waals surface area contributed by atoms with Gasteiger partial charge in [-0.05, 0) is 43.0 Å². The molecule has 0 aliphatic carbocycles. The number of amides is 1. The van der Waals surface area contributed by atoms with Gasteiger partial charge in [0.05, 0.1) is 10.5 Å². The Bertz CT molecular complexity index is 707. The molecule has 1 N–H and O–H groups in total. The number of nitrogens with zero attached hydrogens (tertiary/aromatic N) is 1. The van der Waals surface area contributed by atoms with Gasteiger partial charge in [0.15, 0.2) is 6.61 Å². The molecule has 1 saturated heterocycles. The number of esters is 1. The Labute approximate surface area is 148 Å². The molecule has 8 heteroatoms. The first-order valence-corrected chi connectivity index (χ1v) is 9.79. The zero-order valence-electron chi connectivity index (χ0n) is 14.5. The Morgan fingerprint density at radius 3 is 2.32 bits per heavy atom. The molecule has 25 heavy (non-hydrogen) atoms. The highest BCUT2D eigenvalue weighted by Crippen LogP contribution is 2.21. The Balaban J connectivity index is 1.93. The fraction of sp³-hybridized carbons (Fsp3) is 0.529. The Morgan fingerprint density at radius 1 is 1.16 bits per heavy atom. The van der Waals surface area contributed by atoms with E-state index in [1.807, 2.05) is 13.8 Å². The molecule has 1 aromatic rings. The minimum Gasteiger partial charge on any atom is -0.452 e. The average Bonchev–Trinajstić information content (AvgIpc) is 3.13.